The number of hydrogen-bond acceptors (Lipinski definition) is 4. The number of likely N-dealkylation sites (tertiary alicyclic amines) is 1. The SMILES string of the molecule is O=C(Cc1ccc2c(c1)OCCO2)N1CCC(Cc2cccs2)CC1. The Kier molecular flexibility index (Phi) is 4.92. The fraction of sp³-hybridized carbons (Fsp3) is 0.450. The Morgan fingerprint density at radius 2 is 1.92 bits per heavy atom. The molecule has 4 rings (SSSR count). The van der Waals surface area contributed by atoms with E-state index in [1.165, 1.54) is 4.88 Å². The van der Waals surface area contributed by atoms with Gasteiger partial charge >= 0.3 is 0 Å². The van der Waals surface area contributed by atoms with Crippen molar-refractivity contribution in [2.24, 2.45) is 5.92 Å². The first-order valence-electron chi connectivity index (χ1n) is 8.96. The molecule has 0 aliphatic carbocycles. The maximum absolute atomic E-state index is 12.6. The number of rotatable bonds is 4. The molecule has 2 aliphatic heterocycles. The highest BCUT2D eigenvalue weighted by molar-refractivity contribution is 7.09. The Labute approximate surface area is 152 Å². The van der Waals surface area contributed by atoms with Crippen molar-refractivity contribution >= 4 is 17.2 Å². The minimum absolute atomic E-state index is 0.214. The van der Waals surface area contributed by atoms with Gasteiger partial charge in [-0.15, -0.1) is 11.3 Å². The highest BCUT2D eigenvalue weighted by Gasteiger charge is 2.23. The predicted octanol–water partition coefficient (Wildman–Crippen LogP) is 3.54. The standard InChI is InChI=1S/C20H23NO3S/c22-20(14-16-3-4-18-19(13-16)24-10-9-23-18)21-7-5-15(6-8-21)12-17-2-1-11-25-17/h1-4,11,13,15H,5-10,12,14H2. The van der Waals surface area contributed by atoms with Gasteiger partial charge in [-0.05, 0) is 54.3 Å². The summed E-state index contributed by atoms with van der Waals surface area (Å²) < 4.78 is 11.1. The number of benzene rings is 1. The van der Waals surface area contributed by atoms with Crippen LogP contribution in [0.2, 0.25) is 0 Å². The highest BCUT2D eigenvalue weighted by atomic mass is 32.1. The third kappa shape index (κ3) is 3.98. The molecule has 2 aromatic rings. The summed E-state index contributed by atoms with van der Waals surface area (Å²) in [6.45, 7) is 2.91. The van der Waals surface area contributed by atoms with Crippen molar-refractivity contribution in [3.8, 4) is 11.5 Å². The average molecular weight is 357 g/mol. The van der Waals surface area contributed by atoms with Gasteiger partial charge in [-0.1, -0.05) is 12.1 Å². The minimum atomic E-state index is 0.214. The summed E-state index contributed by atoms with van der Waals surface area (Å²) in [5, 5.41) is 2.14. The number of carbonyl (C=O) groups is 1. The Morgan fingerprint density at radius 1 is 1.12 bits per heavy atom. The Hall–Kier alpha value is -2.01. The van der Waals surface area contributed by atoms with Crippen molar-refractivity contribution in [3.63, 3.8) is 0 Å². The zero-order chi connectivity index (χ0) is 17.1. The van der Waals surface area contributed by atoms with E-state index < -0.39 is 0 Å². The first-order chi connectivity index (χ1) is 12.3. The van der Waals surface area contributed by atoms with Crippen molar-refractivity contribution in [3.05, 3.63) is 46.2 Å². The van der Waals surface area contributed by atoms with E-state index in [0.29, 0.717) is 25.6 Å². The molecule has 0 N–H and O–H groups in total. The van der Waals surface area contributed by atoms with Crippen LogP contribution < -0.4 is 9.47 Å². The summed E-state index contributed by atoms with van der Waals surface area (Å²) in [7, 11) is 0. The van der Waals surface area contributed by atoms with Crippen molar-refractivity contribution in [1.82, 2.24) is 4.90 Å². The quantitative estimate of drug-likeness (QED) is 0.840. The van der Waals surface area contributed by atoms with Crippen LogP contribution in [0.1, 0.15) is 23.3 Å². The van der Waals surface area contributed by atoms with Crippen LogP contribution in [0, 0.1) is 5.92 Å². The summed E-state index contributed by atoms with van der Waals surface area (Å²) in [4.78, 5) is 16.1. The molecule has 0 saturated carbocycles. The van der Waals surface area contributed by atoms with E-state index in [4.69, 9.17) is 9.47 Å². The Balaban J connectivity index is 1.30. The second kappa shape index (κ2) is 7.48. The van der Waals surface area contributed by atoms with Gasteiger partial charge in [0.1, 0.15) is 13.2 Å². The second-order valence-electron chi connectivity index (χ2n) is 6.76. The van der Waals surface area contributed by atoms with Gasteiger partial charge in [0.25, 0.3) is 0 Å². The molecule has 1 aromatic carbocycles. The molecule has 1 aromatic heterocycles. The molecule has 1 amide bonds. The third-order valence-corrected chi connectivity index (χ3v) is 5.90. The van der Waals surface area contributed by atoms with Gasteiger partial charge in [-0.25, -0.2) is 0 Å². The van der Waals surface area contributed by atoms with Gasteiger partial charge in [-0.3, -0.25) is 4.79 Å². The molecule has 1 saturated heterocycles. The van der Waals surface area contributed by atoms with Crippen LogP contribution in [0.15, 0.2) is 35.7 Å². The monoisotopic (exact) mass is 357 g/mol. The van der Waals surface area contributed by atoms with Crippen molar-refractivity contribution < 1.29 is 14.3 Å². The molecule has 0 radical (unpaired) electrons. The molecule has 0 spiro atoms. The normalized spacial score (nSPS) is 17.5. The van der Waals surface area contributed by atoms with Gasteiger partial charge in [0.05, 0.1) is 6.42 Å². The number of thiophene rings is 1. The predicted molar refractivity (Wildman–Crippen MR) is 98.5 cm³/mol. The van der Waals surface area contributed by atoms with Gasteiger partial charge < -0.3 is 14.4 Å². The van der Waals surface area contributed by atoms with Gasteiger partial charge in [0, 0.05) is 18.0 Å². The lowest BCUT2D eigenvalue weighted by Crippen LogP contribution is -2.39. The number of ether oxygens (including phenoxy) is 2. The molecule has 4 nitrogen and oxygen atoms in total. The lowest BCUT2D eigenvalue weighted by atomic mass is 9.92. The molecule has 25 heavy (non-hydrogen) atoms. The Morgan fingerprint density at radius 3 is 2.68 bits per heavy atom. The summed E-state index contributed by atoms with van der Waals surface area (Å²) in [6, 6.07) is 10.1. The summed E-state index contributed by atoms with van der Waals surface area (Å²) in [5.41, 5.74) is 0.995. The number of piperidine rings is 1. The van der Waals surface area contributed by atoms with Crippen LogP contribution in [0.25, 0.3) is 0 Å². The highest BCUT2D eigenvalue weighted by Crippen LogP contribution is 2.31. The van der Waals surface area contributed by atoms with E-state index in [1.54, 1.807) is 0 Å². The van der Waals surface area contributed by atoms with Crippen molar-refractivity contribution in [2.75, 3.05) is 26.3 Å². The van der Waals surface area contributed by atoms with Crippen LogP contribution in [-0.2, 0) is 17.6 Å². The lowest BCUT2D eigenvalue weighted by molar-refractivity contribution is -0.131. The van der Waals surface area contributed by atoms with Gasteiger partial charge in [0.2, 0.25) is 5.91 Å². The summed E-state index contributed by atoms with van der Waals surface area (Å²) >= 11 is 1.83. The molecular formula is C20H23NO3S. The topological polar surface area (TPSA) is 38.8 Å². The van der Waals surface area contributed by atoms with E-state index >= 15 is 0 Å². The number of hydrogen-bond donors (Lipinski definition) is 0. The molecule has 3 heterocycles. The smallest absolute Gasteiger partial charge is 0.226 e. The van der Waals surface area contributed by atoms with Gasteiger partial charge in [0.15, 0.2) is 11.5 Å². The van der Waals surface area contributed by atoms with Gasteiger partial charge in [-0.2, -0.15) is 0 Å². The second-order valence-corrected chi connectivity index (χ2v) is 7.79. The molecule has 132 valence electrons. The molecule has 2 aliphatic rings. The van der Waals surface area contributed by atoms with E-state index in [2.05, 4.69) is 17.5 Å². The molecule has 1 fully saturated rings. The van der Waals surface area contributed by atoms with Crippen LogP contribution in [0.5, 0.6) is 11.5 Å². The first-order valence-corrected chi connectivity index (χ1v) is 9.84. The van der Waals surface area contributed by atoms with Crippen LogP contribution >= 0.6 is 11.3 Å². The van der Waals surface area contributed by atoms with Crippen molar-refractivity contribution in [2.45, 2.75) is 25.7 Å². The fourth-order valence-electron chi connectivity index (χ4n) is 3.58. The average Bonchev–Trinajstić information content (AvgIpc) is 3.15. The van der Waals surface area contributed by atoms with E-state index in [9.17, 15) is 4.79 Å². The maximum atomic E-state index is 12.6. The number of fused-ring (bicyclic) bond motifs is 1. The summed E-state index contributed by atoms with van der Waals surface area (Å²) in [6.07, 6.45) is 3.80. The molecule has 0 unspecified atom stereocenters. The van der Waals surface area contributed by atoms with Crippen molar-refractivity contribution in [1.29, 1.82) is 0 Å². The van der Waals surface area contributed by atoms with Crippen LogP contribution in [0.4, 0.5) is 0 Å². The largest absolute Gasteiger partial charge is 0.486 e. The zero-order valence-electron chi connectivity index (χ0n) is 14.3. The van der Waals surface area contributed by atoms with Crippen LogP contribution in [0.3, 0.4) is 0 Å². The number of amides is 1. The maximum Gasteiger partial charge on any atom is 0.226 e. The lowest BCUT2D eigenvalue weighted by Gasteiger charge is -2.32. The number of nitrogens with zero attached hydrogens (tertiary/aromatic N) is 1. The molecular weight excluding hydrogens is 334 g/mol. The summed E-state index contributed by atoms with van der Waals surface area (Å²) in [5.74, 6) is 2.45. The molecule has 0 bridgehead atoms. The molecule has 0 atom stereocenters. The third-order valence-electron chi connectivity index (χ3n) is 5.00. The van der Waals surface area contributed by atoms with Crippen LogP contribution in [-0.4, -0.2) is 37.1 Å². The van der Waals surface area contributed by atoms with E-state index in [-0.39, 0.29) is 5.91 Å². The minimum Gasteiger partial charge on any atom is -0.486 e. The van der Waals surface area contributed by atoms with E-state index in [1.807, 2.05) is 34.4 Å². The fourth-order valence-corrected chi connectivity index (χ4v) is 4.40. The Bertz CT molecular complexity index is 721. The van der Waals surface area contributed by atoms with E-state index in [0.717, 1.165) is 49.4 Å². The molecule has 5 heteroatoms. The first kappa shape index (κ1) is 16.5. The zero-order valence-corrected chi connectivity index (χ0v) is 15.1. The number of carbonyl (C=O) groups excluding carboxylic acids is 1.